The third kappa shape index (κ3) is 4.56. The van der Waals surface area contributed by atoms with Crippen LogP contribution in [0, 0.1) is 0 Å². The van der Waals surface area contributed by atoms with Gasteiger partial charge in [0, 0.05) is 43.7 Å². The SMILES string of the molecule is Cn1cc(CNC(=O)NCCc2nc(C(=O)O)cs2)cn1. The molecule has 0 aliphatic carbocycles. The molecule has 0 aromatic carbocycles. The van der Waals surface area contributed by atoms with Crippen molar-refractivity contribution in [2.45, 2.75) is 13.0 Å². The number of aryl methyl sites for hydroxylation is 1. The zero-order chi connectivity index (χ0) is 15.2. The summed E-state index contributed by atoms with van der Waals surface area (Å²) in [6, 6.07) is -0.283. The van der Waals surface area contributed by atoms with E-state index in [2.05, 4.69) is 20.7 Å². The molecule has 0 radical (unpaired) electrons. The molecule has 9 heteroatoms. The Morgan fingerprint density at radius 1 is 1.43 bits per heavy atom. The number of amides is 2. The lowest BCUT2D eigenvalue weighted by atomic mass is 10.4. The Labute approximate surface area is 124 Å². The number of aromatic nitrogens is 3. The van der Waals surface area contributed by atoms with Crippen molar-refractivity contribution in [1.29, 1.82) is 0 Å². The van der Waals surface area contributed by atoms with E-state index in [1.165, 1.54) is 16.7 Å². The number of carbonyl (C=O) groups excluding carboxylic acids is 1. The molecule has 2 aromatic heterocycles. The minimum Gasteiger partial charge on any atom is -0.476 e. The molecule has 0 aliphatic rings. The second kappa shape index (κ2) is 6.84. The third-order valence-electron chi connectivity index (χ3n) is 2.61. The molecule has 0 fully saturated rings. The Morgan fingerprint density at radius 2 is 2.24 bits per heavy atom. The lowest BCUT2D eigenvalue weighted by molar-refractivity contribution is 0.0691. The van der Waals surface area contributed by atoms with E-state index in [1.807, 2.05) is 13.2 Å². The largest absolute Gasteiger partial charge is 0.476 e. The van der Waals surface area contributed by atoms with Crippen LogP contribution in [0.3, 0.4) is 0 Å². The summed E-state index contributed by atoms with van der Waals surface area (Å²) in [5, 5.41) is 20.3. The highest BCUT2D eigenvalue weighted by Crippen LogP contribution is 2.09. The average molecular weight is 309 g/mol. The smallest absolute Gasteiger partial charge is 0.355 e. The Hall–Kier alpha value is -2.42. The van der Waals surface area contributed by atoms with Gasteiger partial charge in [-0.25, -0.2) is 14.6 Å². The number of nitrogens with one attached hydrogen (secondary N) is 2. The van der Waals surface area contributed by atoms with Gasteiger partial charge in [-0.05, 0) is 0 Å². The molecule has 0 unspecified atom stereocenters. The van der Waals surface area contributed by atoms with Crippen LogP contribution in [-0.2, 0) is 20.0 Å². The van der Waals surface area contributed by atoms with Gasteiger partial charge in [0.1, 0.15) is 0 Å². The van der Waals surface area contributed by atoms with Gasteiger partial charge in [0.25, 0.3) is 0 Å². The maximum absolute atomic E-state index is 11.6. The molecule has 2 aromatic rings. The molecule has 0 bridgehead atoms. The molecule has 2 heterocycles. The first-order chi connectivity index (χ1) is 10.0. The van der Waals surface area contributed by atoms with Crippen LogP contribution in [0.25, 0.3) is 0 Å². The van der Waals surface area contributed by atoms with Crippen LogP contribution in [-0.4, -0.2) is 38.4 Å². The van der Waals surface area contributed by atoms with Gasteiger partial charge in [-0.15, -0.1) is 11.3 Å². The number of thiazole rings is 1. The van der Waals surface area contributed by atoms with E-state index in [0.717, 1.165) is 5.56 Å². The van der Waals surface area contributed by atoms with E-state index in [4.69, 9.17) is 5.11 Å². The second-order valence-corrected chi connectivity index (χ2v) is 5.26. The Morgan fingerprint density at radius 3 is 2.86 bits per heavy atom. The molecule has 0 spiro atoms. The molecule has 2 rings (SSSR count). The summed E-state index contributed by atoms with van der Waals surface area (Å²) in [5.41, 5.74) is 0.953. The molecule has 0 aliphatic heterocycles. The fourth-order valence-corrected chi connectivity index (χ4v) is 2.39. The Bertz CT molecular complexity index is 636. The van der Waals surface area contributed by atoms with Crippen LogP contribution < -0.4 is 10.6 Å². The van der Waals surface area contributed by atoms with Gasteiger partial charge in [0.05, 0.1) is 11.2 Å². The average Bonchev–Trinajstić information content (AvgIpc) is 3.05. The number of carboxylic acid groups (broad SMARTS) is 1. The summed E-state index contributed by atoms with van der Waals surface area (Å²) in [6.45, 7) is 0.797. The van der Waals surface area contributed by atoms with Gasteiger partial charge < -0.3 is 15.7 Å². The van der Waals surface area contributed by atoms with Crippen LogP contribution in [0.15, 0.2) is 17.8 Å². The number of carbonyl (C=O) groups is 2. The van der Waals surface area contributed by atoms with Gasteiger partial charge in [-0.3, -0.25) is 4.68 Å². The number of aromatic carboxylic acids is 1. The number of urea groups is 1. The minimum absolute atomic E-state index is 0.0380. The molecule has 2 amide bonds. The van der Waals surface area contributed by atoms with E-state index in [1.54, 1.807) is 10.9 Å². The molecule has 112 valence electrons. The molecule has 0 saturated carbocycles. The van der Waals surface area contributed by atoms with E-state index < -0.39 is 5.97 Å². The first kappa shape index (κ1) is 15.0. The van der Waals surface area contributed by atoms with Crippen LogP contribution in [0.1, 0.15) is 21.1 Å². The van der Waals surface area contributed by atoms with Crippen LogP contribution in [0.4, 0.5) is 4.79 Å². The predicted molar refractivity (Wildman–Crippen MR) is 76.2 cm³/mol. The summed E-state index contributed by atoms with van der Waals surface area (Å²) in [7, 11) is 1.81. The van der Waals surface area contributed by atoms with E-state index in [0.29, 0.717) is 24.5 Å². The summed E-state index contributed by atoms with van der Waals surface area (Å²) < 4.78 is 1.66. The number of hydrogen-bond donors (Lipinski definition) is 3. The summed E-state index contributed by atoms with van der Waals surface area (Å²) >= 11 is 1.27. The molecule has 0 atom stereocenters. The highest BCUT2D eigenvalue weighted by Gasteiger charge is 2.08. The van der Waals surface area contributed by atoms with Gasteiger partial charge in [-0.1, -0.05) is 0 Å². The fraction of sp³-hybridized carbons (Fsp3) is 0.333. The zero-order valence-electron chi connectivity index (χ0n) is 11.4. The zero-order valence-corrected chi connectivity index (χ0v) is 12.2. The normalized spacial score (nSPS) is 10.3. The standard InChI is InChI=1S/C12H15N5O3S/c1-17-6-8(5-15-17)4-14-12(20)13-3-2-10-16-9(7-21-10)11(18)19/h5-7H,2-4H2,1H3,(H,18,19)(H2,13,14,20). The highest BCUT2D eigenvalue weighted by molar-refractivity contribution is 7.09. The van der Waals surface area contributed by atoms with Crippen LogP contribution in [0.2, 0.25) is 0 Å². The van der Waals surface area contributed by atoms with Crippen molar-refractivity contribution >= 4 is 23.3 Å². The van der Waals surface area contributed by atoms with Crippen LogP contribution in [0.5, 0.6) is 0 Å². The number of rotatable bonds is 6. The molecular weight excluding hydrogens is 294 g/mol. The van der Waals surface area contributed by atoms with Gasteiger partial charge >= 0.3 is 12.0 Å². The lowest BCUT2D eigenvalue weighted by Gasteiger charge is -2.05. The number of hydrogen-bond acceptors (Lipinski definition) is 5. The van der Waals surface area contributed by atoms with Gasteiger partial charge in [0.15, 0.2) is 5.69 Å². The van der Waals surface area contributed by atoms with E-state index in [-0.39, 0.29) is 11.7 Å². The van der Waals surface area contributed by atoms with Crippen LogP contribution >= 0.6 is 11.3 Å². The van der Waals surface area contributed by atoms with Crippen molar-refractivity contribution in [3.63, 3.8) is 0 Å². The lowest BCUT2D eigenvalue weighted by Crippen LogP contribution is -2.36. The topological polar surface area (TPSA) is 109 Å². The quantitative estimate of drug-likeness (QED) is 0.724. The summed E-state index contributed by atoms with van der Waals surface area (Å²) in [5.74, 6) is -1.04. The summed E-state index contributed by atoms with van der Waals surface area (Å²) in [6.07, 6.45) is 4.00. The van der Waals surface area contributed by atoms with Crippen molar-refractivity contribution in [2.24, 2.45) is 7.05 Å². The minimum atomic E-state index is -1.04. The third-order valence-corrected chi connectivity index (χ3v) is 3.52. The highest BCUT2D eigenvalue weighted by atomic mass is 32.1. The van der Waals surface area contributed by atoms with E-state index >= 15 is 0 Å². The first-order valence-corrected chi connectivity index (χ1v) is 7.09. The van der Waals surface area contributed by atoms with Gasteiger partial charge in [-0.2, -0.15) is 5.10 Å². The molecular formula is C12H15N5O3S. The Kier molecular flexibility index (Phi) is 4.88. The predicted octanol–water partition coefficient (Wildman–Crippen LogP) is 0.617. The molecule has 21 heavy (non-hydrogen) atoms. The van der Waals surface area contributed by atoms with Crippen molar-refractivity contribution in [2.75, 3.05) is 6.54 Å². The van der Waals surface area contributed by atoms with Crippen molar-refractivity contribution in [1.82, 2.24) is 25.4 Å². The maximum atomic E-state index is 11.6. The first-order valence-electron chi connectivity index (χ1n) is 6.21. The van der Waals surface area contributed by atoms with Gasteiger partial charge in [0.2, 0.25) is 0 Å². The van der Waals surface area contributed by atoms with Crippen molar-refractivity contribution in [3.8, 4) is 0 Å². The molecule has 8 nitrogen and oxygen atoms in total. The van der Waals surface area contributed by atoms with Crippen molar-refractivity contribution in [3.05, 3.63) is 34.0 Å². The van der Waals surface area contributed by atoms with Crippen molar-refractivity contribution < 1.29 is 14.7 Å². The fourth-order valence-electron chi connectivity index (χ4n) is 1.61. The number of carboxylic acids is 1. The monoisotopic (exact) mass is 309 g/mol. The summed E-state index contributed by atoms with van der Waals surface area (Å²) in [4.78, 5) is 26.2. The molecule has 0 saturated heterocycles. The molecule has 3 N–H and O–H groups in total. The van der Waals surface area contributed by atoms with E-state index in [9.17, 15) is 9.59 Å². The Balaban J connectivity index is 1.67. The maximum Gasteiger partial charge on any atom is 0.355 e. The second-order valence-electron chi connectivity index (χ2n) is 4.31. The number of nitrogens with zero attached hydrogens (tertiary/aromatic N) is 3.